The number of rotatable bonds is 2. The summed E-state index contributed by atoms with van der Waals surface area (Å²) in [5.74, 6) is 5.18. The fourth-order valence-corrected chi connectivity index (χ4v) is 1.47. The van der Waals surface area contributed by atoms with Crippen molar-refractivity contribution in [3.63, 3.8) is 0 Å². The number of hydrogen-bond donors (Lipinski definition) is 1. The molecule has 1 unspecified atom stereocenters. The lowest BCUT2D eigenvalue weighted by atomic mass is 10.2. The molecule has 1 N–H and O–H groups in total. The first-order valence-electron chi connectivity index (χ1n) is 3.85. The molecule has 0 aliphatic carbocycles. The molecule has 0 bridgehead atoms. The highest BCUT2D eigenvalue weighted by Crippen LogP contribution is 2.21. The van der Waals surface area contributed by atoms with Crippen molar-refractivity contribution in [2.45, 2.75) is 18.2 Å². The van der Waals surface area contributed by atoms with Gasteiger partial charge in [0.05, 0.1) is 0 Å². The van der Waals surface area contributed by atoms with Crippen LogP contribution in [0.4, 0.5) is 0 Å². The Labute approximate surface area is 91.9 Å². The van der Waals surface area contributed by atoms with Gasteiger partial charge in [0.2, 0.25) is 0 Å². The van der Waals surface area contributed by atoms with Crippen LogP contribution in [-0.4, -0.2) is 21.3 Å². The Kier molecular flexibility index (Phi) is 4.21. The molecular formula is C9H9ClN2OS. The Bertz CT molecular complexity index is 386. The third kappa shape index (κ3) is 2.61. The summed E-state index contributed by atoms with van der Waals surface area (Å²) in [5, 5.41) is 10.3. The summed E-state index contributed by atoms with van der Waals surface area (Å²) in [4.78, 5) is 7.99. The number of halogens is 1. The number of nitrogens with zero attached hydrogens (tertiary/aromatic N) is 2. The first-order valence-corrected chi connectivity index (χ1v) is 5.46. The van der Waals surface area contributed by atoms with Crippen LogP contribution in [0.15, 0.2) is 11.4 Å². The maximum absolute atomic E-state index is 9.52. The predicted molar refractivity (Wildman–Crippen MR) is 57.2 cm³/mol. The van der Waals surface area contributed by atoms with Crippen molar-refractivity contribution in [3.05, 3.63) is 16.9 Å². The molecule has 1 rings (SSSR count). The molecule has 0 spiro atoms. The van der Waals surface area contributed by atoms with Gasteiger partial charge in [-0.1, -0.05) is 29.3 Å². The van der Waals surface area contributed by atoms with E-state index in [-0.39, 0.29) is 5.15 Å². The van der Waals surface area contributed by atoms with Crippen LogP contribution in [0.1, 0.15) is 18.6 Å². The Balaban J connectivity index is 3.03. The zero-order valence-electron chi connectivity index (χ0n) is 7.78. The summed E-state index contributed by atoms with van der Waals surface area (Å²) in [6.45, 7) is 1.65. The van der Waals surface area contributed by atoms with E-state index in [9.17, 15) is 5.11 Å². The van der Waals surface area contributed by atoms with Crippen LogP contribution < -0.4 is 0 Å². The van der Waals surface area contributed by atoms with Crippen LogP contribution >= 0.6 is 23.4 Å². The van der Waals surface area contributed by atoms with Gasteiger partial charge < -0.3 is 5.11 Å². The van der Waals surface area contributed by atoms with Crippen LogP contribution in [-0.2, 0) is 0 Å². The van der Waals surface area contributed by atoms with Gasteiger partial charge >= 0.3 is 0 Å². The molecule has 1 aromatic heterocycles. The number of aliphatic hydroxyl groups excluding tert-OH is 1. The van der Waals surface area contributed by atoms with Crippen molar-refractivity contribution in [3.8, 4) is 11.8 Å². The van der Waals surface area contributed by atoms with E-state index in [0.717, 1.165) is 0 Å². The van der Waals surface area contributed by atoms with Gasteiger partial charge in [0.25, 0.3) is 0 Å². The largest absolute Gasteiger partial charge is 0.376 e. The van der Waals surface area contributed by atoms with E-state index in [0.29, 0.717) is 10.7 Å². The SMILES string of the molecule is CC#CC(O)c1cnc(SC)nc1Cl. The van der Waals surface area contributed by atoms with Crippen LogP contribution in [0.3, 0.4) is 0 Å². The van der Waals surface area contributed by atoms with E-state index in [1.165, 1.54) is 18.0 Å². The summed E-state index contributed by atoms with van der Waals surface area (Å²) in [6, 6.07) is 0. The van der Waals surface area contributed by atoms with E-state index in [2.05, 4.69) is 21.8 Å². The van der Waals surface area contributed by atoms with Crippen molar-refractivity contribution in [1.82, 2.24) is 9.97 Å². The average Bonchev–Trinajstić information content (AvgIpc) is 2.17. The molecule has 0 fully saturated rings. The second-order valence-electron chi connectivity index (χ2n) is 2.40. The van der Waals surface area contributed by atoms with Crippen LogP contribution in [0, 0.1) is 11.8 Å². The Morgan fingerprint density at radius 2 is 2.36 bits per heavy atom. The van der Waals surface area contributed by atoms with Crippen molar-refractivity contribution >= 4 is 23.4 Å². The van der Waals surface area contributed by atoms with Crippen LogP contribution in [0.5, 0.6) is 0 Å². The maximum atomic E-state index is 9.52. The Morgan fingerprint density at radius 3 is 2.86 bits per heavy atom. The average molecular weight is 229 g/mol. The summed E-state index contributed by atoms with van der Waals surface area (Å²) in [7, 11) is 0. The van der Waals surface area contributed by atoms with Crippen LogP contribution in [0.25, 0.3) is 0 Å². The molecule has 1 heterocycles. The fourth-order valence-electron chi connectivity index (χ4n) is 0.852. The normalized spacial score (nSPS) is 11.7. The molecule has 5 heteroatoms. The molecule has 0 saturated carbocycles. The van der Waals surface area contributed by atoms with E-state index in [1.54, 1.807) is 6.92 Å². The highest BCUT2D eigenvalue weighted by atomic mass is 35.5. The lowest BCUT2D eigenvalue weighted by molar-refractivity contribution is 0.237. The van der Waals surface area contributed by atoms with Crippen molar-refractivity contribution < 1.29 is 5.11 Å². The van der Waals surface area contributed by atoms with Crippen LogP contribution in [0.2, 0.25) is 5.15 Å². The van der Waals surface area contributed by atoms with Gasteiger partial charge in [-0.2, -0.15) is 0 Å². The third-order valence-corrected chi connectivity index (χ3v) is 2.37. The Hall–Kier alpha value is -0.760. The fraction of sp³-hybridized carbons (Fsp3) is 0.333. The topological polar surface area (TPSA) is 46.0 Å². The molecule has 0 radical (unpaired) electrons. The second kappa shape index (κ2) is 5.20. The van der Waals surface area contributed by atoms with Gasteiger partial charge in [-0.05, 0) is 13.2 Å². The summed E-state index contributed by atoms with van der Waals surface area (Å²) in [5.41, 5.74) is 0.443. The standard InChI is InChI=1S/C9H9ClN2OS/c1-3-4-7(13)6-5-11-9(14-2)12-8(6)10/h5,7,13H,1-2H3. The summed E-state index contributed by atoms with van der Waals surface area (Å²) < 4.78 is 0. The Morgan fingerprint density at radius 1 is 1.64 bits per heavy atom. The first kappa shape index (κ1) is 11.3. The zero-order valence-corrected chi connectivity index (χ0v) is 9.35. The summed E-state index contributed by atoms with van der Waals surface area (Å²) in [6.07, 6.45) is 2.44. The second-order valence-corrected chi connectivity index (χ2v) is 3.53. The quantitative estimate of drug-likeness (QED) is 0.364. The summed E-state index contributed by atoms with van der Waals surface area (Å²) >= 11 is 7.24. The molecule has 0 saturated heterocycles. The van der Waals surface area contributed by atoms with E-state index >= 15 is 0 Å². The molecule has 74 valence electrons. The van der Waals surface area contributed by atoms with Gasteiger partial charge in [-0.15, -0.1) is 5.92 Å². The minimum atomic E-state index is -0.914. The highest BCUT2D eigenvalue weighted by Gasteiger charge is 2.11. The minimum Gasteiger partial charge on any atom is -0.376 e. The van der Waals surface area contributed by atoms with E-state index in [4.69, 9.17) is 11.6 Å². The molecule has 3 nitrogen and oxygen atoms in total. The lowest BCUT2D eigenvalue weighted by Crippen LogP contribution is -1.99. The number of aliphatic hydroxyl groups is 1. The van der Waals surface area contributed by atoms with Crippen molar-refractivity contribution in [2.24, 2.45) is 0 Å². The number of thioether (sulfide) groups is 1. The molecule has 14 heavy (non-hydrogen) atoms. The highest BCUT2D eigenvalue weighted by molar-refractivity contribution is 7.98. The molecule has 0 aromatic carbocycles. The van der Waals surface area contributed by atoms with Gasteiger partial charge in [0.1, 0.15) is 11.3 Å². The van der Waals surface area contributed by atoms with Gasteiger partial charge in [-0.25, -0.2) is 9.97 Å². The third-order valence-electron chi connectivity index (χ3n) is 1.50. The molecule has 0 amide bonds. The molecule has 1 aromatic rings. The van der Waals surface area contributed by atoms with Gasteiger partial charge in [-0.3, -0.25) is 0 Å². The van der Waals surface area contributed by atoms with E-state index in [1.807, 2.05) is 6.26 Å². The molecule has 0 aliphatic rings. The van der Waals surface area contributed by atoms with Crippen molar-refractivity contribution in [2.75, 3.05) is 6.26 Å². The minimum absolute atomic E-state index is 0.250. The van der Waals surface area contributed by atoms with Gasteiger partial charge in [0.15, 0.2) is 5.16 Å². The zero-order chi connectivity index (χ0) is 10.6. The smallest absolute Gasteiger partial charge is 0.188 e. The first-order chi connectivity index (χ1) is 6.69. The molecular weight excluding hydrogens is 220 g/mol. The molecule has 1 atom stereocenters. The number of hydrogen-bond acceptors (Lipinski definition) is 4. The number of aromatic nitrogens is 2. The predicted octanol–water partition coefficient (Wildman–Crippen LogP) is 1.91. The maximum Gasteiger partial charge on any atom is 0.188 e. The van der Waals surface area contributed by atoms with E-state index < -0.39 is 6.10 Å². The lowest BCUT2D eigenvalue weighted by Gasteiger charge is -2.05. The molecule has 0 aliphatic heterocycles. The monoisotopic (exact) mass is 228 g/mol. The van der Waals surface area contributed by atoms with Gasteiger partial charge in [0, 0.05) is 11.8 Å². The van der Waals surface area contributed by atoms with Crippen molar-refractivity contribution in [1.29, 1.82) is 0 Å².